The minimum atomic E-state index is -4.12. The van der Waals surface area contributed by atoms with Crippen LogP contribution in [0.5, 0.6) is 0 Å². The van der Waals surface area contributed by atoms with Crippen LogP contribution in [0, 0.1) is 0 Å². The van der Waals surface area contributed by atoms with Crippen LogP contribution >= 0.6 is 11.8 Å². The van der Waals surface area contributed by atoms with Crippen LogP contribution in [0.25, 0.3) is 0 Å². The number of esters is 1. The molecule has 0 atom stereocenters. The molecule has 162 valence electrons. The van der Waals surface area contributed by atoms with Gasteiger partial charge in [0, 0.05) is 33.0 Å². The molecule has 0 radical (unpaired) electrons. The molecular formula is C19H25N5O4S2. The number of hydrogen-bond donors (Lipinski definition) is 1. The van der Waals surface area contributed by atoms with Crippen molar-refractivity contribution in [1.82, 2.24) is 14.9 Å². The quantitative estimate of drug-likeness (QED) is 0.191. The van der Waals surface area contributed by atoms with Gasteiger partial charge < -0.3 is 15.0 Å². The number of aromatic nitrogens is 2. The van der Waals surface area contributed by atoms with E-state index in [1.165, 1.54) is 24.4 Å². The van der Waals surface area contributed by atoms with Crippen molar-refractivity contribution < 1.29 is 17.9 Å². The Morgan fingerprint density at radius 2 is 2.00 bits per heavy atom. The summed E-state index contributed by atoms with van der Waals surface area (Å²) in [6, 6.07) is 4.51. The molecule has 1 heterocycles. The predicted molar refractivity (Wildman–Crippen MR) is 117 cm³/mol. The molecule has 0 bridgehead atoms. The molecule has 1 N–H and O–H groups in total. The Bertz CT molecular complexity index is 995. The van der Waals surface area contributed by atoms with Crippen molar-refractivity contribution in [2.45, 2.75) is 34.7 Å². The lowest BCUT2D eigenvalue weighted by Gasteiger charge is -2.16. The van der Waals surface area contributed by atoms with E-state index in [0.29, 0.717) is 22.3 Å². The van der Waals surface area contributed by atoms with Gasteiger partial charge in [0.1, 0.15) is 11.2 Å². The van der Waals surface area contributed by atoms with Gasteiger partial charge in [-0.25, -0.2) is 14.8 Å². The van der Waals surface area contributed by atoms with Gasteiger partial charge in [0.05, 0.1) is 23.3 Å². The van der Waals surface area contributed by atoms with Crippen LogP contribution in [-0.2, 0) is 14.8 Å². The van der Waals surface area contributed by atoms with Crippen molar-refractivity contribution >= 4 is 39.8 Å². The molecule has 2 aromatic rings. The molecular weight excluding hydrogens is 426 g/mol. The molecule has 1 aromatic carbocycles. The smallest absolute Gasteiger partial charge is 0.337 e. The maximum atomic E-state index is 13.0. The number of benzene rings is 1. The fourth-order valence-electron chi connectivity index (χ4n) is 2.31. The second-order valence-electron chi connectivity index (χ2n) is 6.42. The SMILES string of the molecule is CCCCNc1cc(C(=O)OC)cc(S(=O)(=O)/N=C/N(C)C)c1Sc1ncccn1. The van der Waals surface area contributed by atoms with E-state index in [-0.39, 0.29) is 10.5 Å². The standard InChI is InChI=1S/C19H25N5O4S2/c1-5-6-8-20-15-11-14(18(25)28-4)12-16(30(26,27)23-13-24(2)3)17(15)29-19-21-9-7-10-22-19/h7,9-13,20H,5-6,8H2,1-4H3/b23-13+. The predicted octanol–water partition coefficient (Wildman–Crippen LogP) is 2.91. The van der Waals surface area contributed by atoms with E-state index in [0.717, 1.165) is 24.6 Å². The number of hydrogen-bond acceptors (Lipinski definition) is 8. The summed E-state index contributed by atoms with van der Waals surface area (Å²) < 4.78 is 34.6. The van der Waals surface area contributed by atoms with Crippen LogP contribution < -0.4 is 5.32 Å². The first kappa shape index (κ1) is 23.6. The average Bonchev–Trinajstić information content (AvgIpc) is 2.73. The first-order valence-corrected chi connectivity index (χ1v) is 11.5. The van der Waals surface area contributed by atoms with Gasteiger partial charge in [-0.3, -0.25) is 0 Å². The van der Waals surface area contributed by atoms with Gasteiger partial charge in [0.2, 0.25) is 0 Å². The summed E-state index contributed by atoms with van der Waals surface area (Å²) in [6.45, 7) is 2.65. The van der Waals surface area contributed by atoms with Crippen molar-refractivity contribution in [3.63, 3.8) is 0 Å². The summed E-state index contributed by atoms with van der Waals surface area (Å²) in [5.74, 6) is -0.644. The average molecular weight is 452 g/mol. The van der Waals surface area contributed by atoms with E-state index in [4.69, 9.17) is 4.74 Å². The second kappa shape index (κ2) is 10.9. The van der Waals surface area contributed by atoms with E-state index in [1.54, 1.807) is 38.6 Å². The molecule has 0 aliphatic rings. The highest BCUT2D eigenvalue weighted by Crippen LogP contribution is 2.39. The third-order valence-electron chi connectivity index (χ3n) is 3.75. The molecule has 0 saturated heterocycles. The largest absolute Gasteiger partial charge is 0.465 e. The fourth-order valence-corrected chi connectivity index (χ4v) is 4.61. The van der Waals surface area contributed by atoms with E-state index in [1.807, 2.05) is 6.92 Å². The molecule has 0 saturated carbocycles. The Hall–Kier alpha value is -2.66. The number of anilines is 1. The number of unbranched alkanes of at least 4 members (excludes halogenated alkanes) is 1. The zero-order chi connectivity index (χ0) is 22.1. The number of carbonyl (C=O) groups is 1. The monoisotopic (exact) mass is 451 g/mol. The number of nitrogens with zero attached hydrogens (tertiary/aromatic N) is 4. The first-order valence-electron chi connectivity index (χ1n) is 9.20. The molecule has 0 spiro atoms. The third-order valence-corrected chi connectivity index (χ3v) is 6.17. The molecule has 2 rings (SSSR count). The molecule has 1 aromatic heterocycles. The number of nitrogens with one attached hydrogen (secondary N) is 1. The van der Waals surface area contributed by atoms with Gasteiger partial charge >= 0.3 is 5.97 Å². The van der Waals surface area contributed by atoms with E-state index >= 15 is 0 Å². The van der Waals surface area contributed by atoms with Crippen LogP contribution in [0.1, 0.15) is 30.1 Å². The Kier molecular flexibility index (Phi) is 8.60. The van der Waals surface area contributed by atoms with E-state index in [9.17, 15) is 13.2 Å². The molecule has 0 fully saturated rings. The van der Waals surface area contributed by atoms with Gasteiger partial charge in [-0.1, -0.05) is 13.3 Å². The molecule has 0 amide bonds. The second-order valence-corrected chi connectivity index (χ2v) is 8.99. The number of rotatable bonds is 10. The van der Waals surface area contributed by atoms with E-state index < -0.39 is 16.0 Å². The number of carbonyl (C=O) groups excluding carboxylic acids is 1. The summed E-state index contributed by atoms with van der Waals surface area (Å²) in [5.41, 5.74) is 0.580. The number of methoxy groups -OCH3 is 1. The van der Waals surface area contributed by atoms with Crippen molar-refractivity contribution in [2.24, 2.45) is 4.40 Å². The Balaban J connectivity index is 2.69. The highest BCUT2D eigenvalue weighted by atomic mass is 32.2. The topological polar surface area (TPSA) is 114 Å². The number of ether oxygens (including phenoxy) is 1. The molecule has 9 nitrogen and oxygen atoms in total. The lowest BCUT2D eigenvalue weighted by molar-refractivity contribution is 0.0600. The van der Waals surface area contributed by atoms with Crippen LogP contribution in [0.2, 0.25) is 0 Å². The normalized spacial score (nSPS) is 11.5. The van der Waals surface area contributed by atoms with Crippen LogP contribution in [0.4, 0.5) is 5.69 Å². The van der Waals surface area contributed by atoms with Crippen molar-refractivity contribution in [1.29, 1.82) is 0 Å². The minimum absolute atomic E-state index is 0.105. The summed E-state index contributed by atoms with van der Waals surface area (Å²) in [7, 11) is 0.445. The summed E-state index contributed by atoms with van der Waals surface area (Å²) >= 11 is 1.08. The van der Waals surface area contributed by atoms with Crippen LogP contribution in [0.3, 0.4) is 0 Å². The van der Waals surface area contributed by atoms with E-state index in [2.05, 4.69) is 19.7 Å². The zero-order valence-corrected chi connectivity index (χ0v) is 19.0. The minimum Gasteiger partial charge on any atom is -0.465 e. The van der Waals surface area contributed by atoms with Gasteiger partial charge in [-0.2, -0.15) is 8.42 Å². The third kappa shape index (κ3) is 6.42. The highest BCUT2D eigenvalue weighted by molar-refractivity contribution is 8.00. The summed E-state index contributed by atoms with van der Waals surface area (Å²) in [4.78, 5) is 22.3. The Morgan fingerprint density at radius 3 is 2.60 bits per heavy atom. The zero-order valence-electron chi connectivity index (χ0n) is 17.3. The molecule has 0 aliphatic heterocycles. The maximum Gasteiger partial charge on any atom is 0.337 e. The number of sulfonamides is 1. The molecule has 30 heavy (non-hydrogen) atoms. The highest BCUT2D eigenvalue weighted by Gasteiger charge is 2.25. The fraction of sp³-hybridized carbons (Fsp3) is 0.368. The van der Waals surface area contributed by atoms with Crippen molar-refractivity contribution in [2.75, 3.05) is 33.1 Å². The van der Waals surface area contributed by atoms with Crippen LogP contribution in [-0.4, -0.2) is 63.3 Å². The first-order chi connectivity index (χ1) is 14.3. The summed E-state index contributed by atoms with van der Waals surface area (Å²) in [6.07, 6.45) is 6.15. The molecule has 11 heteroatoms. The summed E-state index contributed by atoms with van der Waals surface area (Å²) in [5, 5.41) is 3.59. The van der Waals surface area contributed by atoms with Crippen molar-refractivity contribution in [3.8, 4) is 0 Å². The van der Waals surface area contributed by atoms with Crippen molar-refractivity contribution in [3.05, 3.63) is 36.2 Å². The van der Waals surface area contributed by atoms with Gasteiger partial charge in [0.15, 0.2) is 5.16 Å². The molecule has 0 aliphatic carbocycles. The maximum absolute atomic E-state index is 13.0. The van der Waals surface area contributed by atoms with Crippen LogP contribution in [0.15, 0.2) is 49.9 Å². The Morgan fingerprint density at radius 1 is 1.30 bits per heavy atom. The van der Waals surface area contributed by atoms with Gasteiger partial charge in [0.25, 0.3) is 10.0 Å². The van der Waals surface area contributed by atoms with Gasteiger partial charge in [-0.15, -0.1) is 4.40 Å². The lowest BCUT2D eigenvalue weighted by atomic mass is 10.2. The van der Waals surface area contributed by atoms with Gasteiger partial charge in [-0.05, 0) is 36.4 Å². The Labute approximate surface area is 181 Å². The molecule has 0 unspecified atom stereocenters. The lowest BCUT2D eigenvalue weighted by Crippen LogP contribution is -2.13.